The Kier molecular flexibility index (Phi) is 3.54. The molecule has 4 rings (SSSR count). The molecule has 122 valence electrons. The smallest absolute Gasteiger partial charge is 0.0959 e. The molecule has 2 fully saturated rings. The van der Waals surface area contributed by atoms with Crippen LogP contribution < -0.4 is 0 Å². The van der Waals surface area contributed by atoms with Gasteiger partial charge in [-0.3, -0.25) is 9.58 Å². The van der Waals surface area contributed by atoms with Crippen LogP contribution in [0, 0.1) is 6.92 Å². The summed E-state index contributed by atoms with van der Waals surface area (Å²) >= 11 is 0. The maximum absolute atomic E-state index is 11.3. The van der Waals surface area contributed by atoms with Crippen molar-refractivity contribution in [2.45, 2.75) is 56.8 Å². The Morgan fingerprint density at radius 3 is 2.39 bits per heavy atom. The second-order valence-corrected chi connectivity index (χ2v) is 7.28. The molecular weight excluding hydrogens is 286 g/mol. The van der Waals surface area contributed by atoms with Gasteiger partial charge in [0.1, 0.15) is 0 Å². The van der Waals surface area contributed by atoms with Crippen LogP contribution >= 0.6 is 0 Å². The van der Waals surface area contributed by atoms with Gasteiger partial charge in [0.05, 0.1) is 11.3 Å². The first kappa shape index (κ1) is 14.9. The van der Waals surface area contributed by atoms with E-state index in [0.29, 0.717) is 12.1 Å². The summed E-state index contributed by atoms with van der Waals surface area (Å²) in [6.07, 6.45) is 6.03. The molecule has 0 radical (unpaired) electrons. The molecule has 4 nitrogen and oxygen atoms in total. The lowest BCUT2D eigenvalue weighted by Gasteiger charge is -2.44. The van der Waals surface area contributed by atoms with Gasteiger partial charge in [0.25, 0.3) is 0 Å². The van der Waals surface area contributed by atoms with Crippen molar-refractivity contribution < 1.29 is 5.11 Å². The molecule has 23 heavy (non-hydrogen) atoms. The van der Waals surface area contributed by atoms with Crippen LogP contribution in [0.15, 0.2) is 36.5 Å². The van der Waals surface area contributed by atoms with E-state index in [-0.39, 0.29) is 0 Å². The minimum absolute atomic E-state index is 0.471. The van der Waals surface area contributed by atoms with E-state index < -0.39 is 5.60 Å². The van der Waals surface area contributed by atoms with Crippen LogP contribution in [-0.4, -0.2) is 31.9 Å². The van der Waals surface area contributed by atoms with E-state index in [1.54, 1.807) is 0 Å². The Bertz CT molecular complexity index is 680. The van der Waals surface area contributed by atoms with Crippen molar-refractivity contribution in [1.82, 2.24) is 14.7 Å². The van der Waals surface area contributed by atoms with Crippen LogP contribution in [-0.2, 0) is 19.2 Å². The predicted molar refractivity (Wildman–Crippen MR) is 89.9 cm³/mol. The van der Waals surface area contributed by atoms with Gasteiger partial charge in [-0.2, -0.15) is 5.10 Å². The predicted octanol–water partition coefficient (Wildman–Crippen LogP) is 2.74. The van der Waals surface area contributed by atoms with E-state index in [2.05, 4.69) is 40.3 Å². The van der Waals surface area contributed by atoms with Crippen molar-refractivity contribution in [2.75, 3.05) is 0 Å². The maximum atomic E-state index is 11.3. The summed E-state index contributed by atoms with van der Waals surface area (Å²) in [5.41, 5.74) is 2.65. The monoisotopic (exact) mass is 311 g/mol. The first-order valence-electron chi connectivity index (χ1n) is 8.58. The number of aryl methyl sites for hydroxylation is 2. The number of benzene rings is 1. The molecule has 2 bridgehead atoms. The topological polar surface area (TPSA) is 41.3 Å². The summed E-state index contributed by atoms with van der Waals surface area (Å²) in [4.78, 5) is 2.61. The Hall–Kier alpha value is -1.65. The van der Waals surface area contributed by atoms with Gasteiger partial charge < -0.3 is 5.11 Å². The van der Waals surface area contributed by atoms with Crippen LogP contribution in [0.1, 0.15) is 42.5 Å². The molecular formula is C19H25N3O. The third-order valence-electron chi connectivity index (χ3n) is 5.64. The third kappa shape index (κ3) is 2.60. The fourth-order valence-corrected chi connectivity index (χ4v) is 4.64. The largest absolute Gasteiger partial charge is 0.385 e. The quantitative estimate of drug-likeness (QED) is 0.947. The zero-order valence-electron chi connectivity index (χ0n) is 13.9. The highest BCUT2D eigenvalue weighted by molar-refractivity contribution is 5.27. The summed E-state index contributed by atoms with van der Waals surface area (Å²) in [5, 5.41) is 15.8. The Morgan fingerprint density at radius 2 is 1.83 bits per heavy atom. The molecule has 2 atom stereocenters. The highest BCUT2D eigenvalue weighted by atomic mass is 16.3. The van der Waals surface area contributed by atoms with Gasteiger partial charge in [0.2, 0.25) is 0 Å². The van der Waals surface area contributed by atoms with Gasteiger partial charge in [-0.1, -0.05) is 30.3 Å². The fourth-order valence-electron chi connectivity index (χ4n) is 4.64. The second kappa shape index (κ2) is 5.46. The van der Waals surface area contributed by atoms with Crippen LogP contribution in [0.3, 0.4) is 0 Å². The molecule has 2 aliphatic heterocycles. The lowest BCUT2D eigenvalue weighted by atomic mass is 9.80. The highest BCUT2D eigenvalue weighted by Crippen LogP contribution is 2.46. The average molecular weight is 311 g/mol. The average Bonchev–Trinajstić information content (AvgIpc) is 2.98. The van der Waals surface area contributed by atoms with E-state index in [1.165, 1.54) is 18.4 Å². The van der Waals surface area contributed by atoms with Gasteiger partial charge in [-0.05, 0) is 38.2 Å². The zero-order chi connectivity index (χ0) is 16.0. The summed E-state index contributed by atoms with van der Waals surface area (Å²) in [6.45, 7) is 3.00. The third-order valence-corrected chi connectivity index (χ3v) is 5.64. The summed E-state index contributed by atoms with van der Waals surface area (Å²) in [7, 11) is 1.93. The maximum Gasteiger partial charge on any atom is 0.0959 e. The molecule has 1 aromatic carbocycles. The number of hydrogen-bond acceptors (Lipinski definition) is 3. The summed E-state index contributed by atoms with van der Waals surface area (Å²) < 4.78 is 1.82. The number of fused-ring (bicyclic) bond motifs is 2. The van der Waals surface area contributed by atoms with E-state index in [1.807, 2.05) is 24.9 Å². The minimum Gasteiger partial charge on any atom is -0.385 e. The molecule has 4 heteroatoms. The van der Waals surface area contributed by atoms with Gasteiger partial charge in [-0.15, -0.1) is 0 Å². The van der Waals surface area contributed by atoms with Gasteiger partial charge >= 0.3 is 0 Å². The summed E-state index contributed by atoms with van der Waals surface area (Å²) in [6, 6.07) is 11.6. The highest BCUT2D eigenvalue weighted by Gasteiger charge is 2.49. The number of hydrogen-bond donors (Lipinski definition) is 1. The van der Waals surface area contributed by atoms with Crippen molar-refractivity contribution in [3.63, 3.8) is 0 Å². The number of piperidine rings is 1. The number of aliphatic hydroxyl groups is 1. The molecule has 3 heterocycles. The Balaban J connectivity index is 1.57. The van der Waals surface area contributed by atoms with Gasteiger partial charge in [-0.25, -0.2) is 0 Å². The normalized spacial score (nSPS) is 30.7. The Morgan fingerprint density at radius 1 is 1.17 bits per heavy atom. The fraction of sp³-hybridized carbons (Fsp3) is 0.526. The van der Waals surface area contributed by atoms with Gasteiger partial charge in [0.15, 0.2) is 0 Å². The molecule has 1 N–H and O–H groups in total. The van der Waals surface area contributed by atoms with Crippen LogP contribution in [0.2, 0.25) is 0 Å². The minimum atomic E-state index is -0.711. The SMILES string of the molecule is Cc1nn(C)cc1C1(O)CC2CCC(C1)N2Cc1ccccc1. The van der Waals surface area contributed by atoms with Crippen molar-refractivity contribution >= 4 is 0 Å². The number of rotatable bonds is 3. The van der Waals surface area contributed by atoms with E-state index >= 15 is 0 Å². The van der Waals surface area contributed by atoms with Crippen molar-refractivity contribution in [3.05, 3.63) is 53.3 Å². The van der Waals surface area contributed by atoms with Crippen LogP contribution in [0.5, 0.6) is 0 Å². The van der Waals surface area contributed by atoms with Crippen molar-refractivity contribution in [1.29, 1.82) is 0 Å². The van der Waals surface area contributed by atoms with Crippen LogP contribution in [0.4, 0.5) is 0 Å². The molecule has 1 aromatic heterocycles. The first-order chi connectivity index (χ1) is 11.0. The molecule has 0 aliphatic carbocycles. The molecule has 0 spiro atoms. The number of aromatic nitrogens is 2. The van der Waals surface area contributed by atoms with E-state index in [9.17, 15) is 5.11 Å². The van der Waals surface area contributed by atoms with E-state index in [0.717, 1.165) is 30.6 Å². The Labute approximate surface area is 137 Å². The zero-order valence-corrected chi connectivity index (χ0v) is 13.9. The van der Waals surface area contributed by atoms with Gasteiger partial charge in [0, 0.05) is 37.4 Å². The summed E-state index contributed by atoms with van der Waals surface area (Å²) in [5.74, 6) is 0. The lowest BCUT2D eigenvalue weighted by Crippen LogP contribution is -2.49. The van der Waals surface area contributed by atoms with Crippen molar-refractivity contribution in [2.24, 2.45) is 7.05 Å². The molecule has 2 unspecified atom stereocenters. The van der Waals surface area contributed by atoms with Crippen molar-refractivity contribution in [3.8, 4) is 0 Å². The number of nitrogens with zero attached hydrogens (tertiary/aromatic N) is 3. The molecule has 0 saturated carbocycles. The molecule has 2 saturated heterocycles. The van der Waals surface area contributed by atoms with Crippen LogP contribution in [0.25, 0.3) is 0 Å². The van der Waals surface area contributed by atoms with E-state index in [4.69, 9.17) is 0 Å². The molecule has 0 amide bonds. The molecule has 2 aliphatic rings. The molecule has 2 aromatic rings. The second-order valence-electron chi connectivity index (χ2n) is 7.28. The first-order valence-corrected chi connectivity index (χ1v) is 8.58. The standard InChI is InChI=1S/C19H25N3O/c1-14-18(13-21(2)20-14)19(23)10-16-8-9-17(11-19)22(16)12-15-6-4-3-5-7-15/h3-7,13,16-17,23H,8-12H2,1-2H3. The lowest BCUT2D eigenvalue weighted by molar-refractivity contribution is -0.0599.